The first-order valence-electron chi connectivity index (χ1n) is 6.54. The van der Waals surface area contributed by atoms with E-state index >= 15 is 0 Å². The number of nitro benzene ring substituents is 1. The molecule has 2 rings (SSSR count). The first-order valence-corrected chi connectivity index (χ1v) is 7.92. The Bertz CT molecular complexity index is 925. The van der Waals surface area contributed by atoms with E-state index in [0.717, 1.165) is 18.2 Å². The number of carbonyl (C=O) groups is 1. The van der Waals surface area contributed by atoms with Gasteiger partial charge < -0.3 is 5.32 Å². The van der Waals surface area contributed by atoms with Crippen molar-refractivity contribution < 1.29 is 22.0 Å². The molecule has 0 saturated carbocycles. The molecule has 124 valence electrons. The fourth-order valence-corrected chi connectivity index (χ4v) is 2.33. The number of hydrogen-bond acceptors (Lipinski definition) is 5. The van der Waals surface area contributed by atoms with E-state index in [2.05, 4.69) is 5.32 Å². The number of benzene rings is 2. The number of nitrogens with zero attached hydrogens (tertiary/aromatic N) is 1. The molecule has 0 heterocycles. The van der Waals surface area contributed by atoms with Gasteiger partial charge >= 0.3 is 10.2 Å². The highest BCUT2D eigenvalue weighted by Gasteiger charge is 2.12. The van der Waals surface area contributed by atoms with E-state index in [1.165, 1.54) is 36.4 Å². The summed E-state index contributed by atoms with van der Waals surface area (Å²) in [4.78, 5) is 21.3. The van der Waals surface area contributed by atoms with Crippen molar-refractivity contribution in [2.24, 2.45) is 0 Å². The summed E-state index contributed by atoms with van der Waals surface area (Å²) < 4.78 is 34.5. The molecule has 9 heteroatoms. The molecule has 7 nitrogen and oxygen atoms in total. The summed E-state index contributed by atoms with van der Waals surface area (Å²) >= 11 is 0. The second-order valence-electron chi connectivity index (χ2n) is 4.64. The number of anilines is 1. The summed E-state index contributed by atoms with van der Waals surface area (Å²) in [6.07, 6.45) is 2.48. The number of non-ortho nitro benzene ring substituents is 1. The van der Waals surface area contributed by atoms with Crippen molar-refractivity contribution in [3.63, 3.8) is 0 Å². The highest BCUT2D eigenvalue weighted by molar-refractivity contribution is 7.86. The van der Waals surface area contributed by atoms with E-state index in [-0.39, 0.29) is 11.4 Å². The van der Waals surface area contributed by atoms with Gasteiger partial charge in [0, 0.05) is 23.9 Å². The Morgan fingerprint density at radius 2 is 1.88 bits per heavy atom. The zero-order valence-electron chi connectivity index (χ0n) is 12.0. The zero-order valence-corrected chi connectivity index (χ0v) is 12.9. The van der Waals surface area contributed by atoms with Crippen LogP contribution < -0.4 is 5.32 Å². The quantitative estimate of drug-likeness (QED) is 0.386. The Hall–Kier alpha value is -3.07. The van der Waals surface area contributed by atoms with Gasteiger partial charge in [-0.3, -0.25) is 14.9 Å². The molecule has 0 aliphatic rings. The molecule has 0 radical (unpaired) electrons. The van der Waals surface area contributed by atoms with Gasteiger partial charge in [0.1, 0.15) is 4.90 Å². The molecule has 0 unspecified atom stereocenters. The molecular weight excluding hydrogens is 339 g/mol. The maximum absolute atomic E-state index is 12.9. The average Bonchev–Trinajstić information content (AvgIpc) is 2.52. The summed E-state index contributed by atoms with van der Waals surface area (Å²) in [5.41, 5.74) is 0.431. The molecule has 0 saturated heterocycles. The second-order valence-corrected chi connectivity index (χ2v) is 5.99. The minimum Gasteiger partial charge on any atom is -0.322 e. The molecule has 2 aromatic rings. The lowest BCUT2D eigenvalue weighted by atomic mass is 10.2. The third-order valence-corrected chi connectivity index (χ3v) is 3.71. The zero-order chi connectivity index (χ0) is 17.7. The first-order chi connectivity index (χ1) is 11.3. The van der Waals surface area contributed by atoms with E-state index in [1.807, 2.05) is 0 Å². The fraction of sp³-hybridized carbons (Fsp3) is 0. The topological polar surface area (TPSA) is 106 Å². The molecule has 0 atom stereocenters. The Morgan fingerprint density at radius 1 is 1.17 bits per heavy atom. The number of nitro groups is 1. The number of carbonyl (C=O) groups excluding carboxylic acids is 1. The standard InChI is InChI=1S/C15H11FN2O5S/c16-24(22,23)14-6-2-4-12(10-14)17-15(19)8-7-11-3-1-5-13(9-11)18(20)21/h1-10H,(H,17,19)/b8-7+. The molecule has 0 bridgehead atoms. The normalized spacial score (nSPS) is 11.4. The predicted molar refractivity (Wildman–Crippen MR) is 85.5 cm³/mol. The van der Waals surface area contributed by atoms with Gasteiger partial charge in [-0.1, -0.05) is 18.2 Å². The van der Waals surface area contributed by atoms with Gasteiger partial charge in [-0.2, -0.15) is 8.42 Å². The van der Waals surface area contributed by atoms with Crippen molar-refractivity contribution >= 4 is 33.6 Å². The number of amides is 1. The van der Waals surface area contributed by atoms with Crippen molar-refractivity contribution in [2.75, 3.05) is 5.32 Å². The lowest BCUT2D eigenvalue weighted by molar-refractivity contribution is -0.384. The second kappa shape index (κ2) is 7.01. The monoisotopic (exact) mass is 350 g/mol. The van der Waals surface area contributed by atoms with Gasteiger partial charge in [0.2, 0.25) is 5.91 Å². The SMILES string of the molecule is O=C(/C=C/c1cccc([N+](=O)[O-])c1)Nc1cccc(S(=O)(=O)F)c1. The van der Waals surface area contributed by atoms with Gasteiger partial charge in [-0.05, 0) is 29.8 Å². The highest BCUT2D eigenvalue weighted by Crippen LogP contribution is 2.18. The number of halogens is 1. The summed E-state index contributed by atoms with van der Waals surface area (Å²) in [6, 6.07) is 10.4. The summed E-state index contributed by atoms with van der Waals surface area (Å²) in [5, 5.41) is 13.0. The molecule has 0 aliphatic carbocycles. The Balaban J connectivity index is 2.11. The van der Waals surface area contributed by atoms with Gasteiger partial charge in [0.05, 0.1) is 4.92 Å². The van der Waals surface area contributed by atoms with Crippen LogP contribution in [0.4, 0.5) is 15.3 Å². The van der Waals surface area contributed by atoms with Crippen LogP contribution in [-0.4, -0.2) is 19.2 Å². The van der Waals surface area contributed by atoms with Crippen LogP contribution in [0.2, 0.25) is 0 Å². The largest absolute Gasteiger partial charge is 0.332 e. The van der Waals surface area contributed by atoms with Crippen LogP contribution in [0, 0.1) is 10.1 Å². The van der Waals surface area contributed by atoms with Crippen molar-refractivity contribution in [1.29, 1.82) is 0 Å². The van der Waals surface area contributed by atoms with E-state index < -0.39 is 25.9 Å². The van der Waals surface area contributed by atoms with Crippen molar-refractivity contribution in [1.82, 2.24) is 0 Å². The maximum Gasteiger partial charge on any atom is 0.332 e. The molecular formula is C15H11FN2O5S. The van der Waals surface area contributed by atoms with Crippen molar-refractivity contribution in [3.8, 4) is 0 Å². The van der Waals surface area contributed by atoms with E-state index in [1.54, 1.807) is 6.07 Å². The van der Waals surface area contributed by atoms with Gasteiger partial charge in [0.15, 0.2) is 0 Å². The van der Waals surface area contributed by atoms with E-state index in [9.17, 15) is 27.2 Å². The first kappa shape index (κ1) is 17.3. The summed E-state index contributed by atoms with van der Waals surface area (Å²) in [6.45, 7) is 0. The van der Waals surface area contributed by atoms with E-state index in [4.69, 9.17) is 0 Å². The van der Waals surface area contributed by atoms with Crippen LogP contribution in [0.3, 0.4) is 0 Å². The molecule has 1 amide bonds. The van der Waals surface area contributed by atoms with Crippen molar-refractivity contribution in [3.05, 3.63) is 70.3 Å². The van der Waals surface area contributed by atoms with Crippen LogP contribution in [0.5, 0.6) is 0 Å². The highest BCUT2D eigenvalue weighted by atomic mass is 32.3. The molecule has 0 spiro atoms. The average molecular weight is 350 g/mol. The molecule has 0 aromatic heterocycles. The van der Waals surface area contributed by atoms with E-state index in [0.29, 0.717) is 5.56 Å². The van der Waals surface area contributed by atoms with Gasteiger partial charge in [0.25, 0.3) is 5.69 Å². The minimum absolute atomic E-state index is 0.0995. The van der Waals surface area contributed by atoms with Crippen molar-refractivity contribution in [2.45, 2.75) is 4.90 Å². The molecule has 24 heavy (non-hydrogen) atoms. The lowest BCUT2D eigenvalue weighted by Gasteiger charge is -2.03. The van der Waals surface area contributed by atoms with Crippen LogP contribution in [0.25, 0.3) is 6.08 Å². The number of nitrogens with one attached hydrogen (secondary N) is 1. The minimum atomic E-state index is -4.86. The molecule has 1 N–H and O–H groups in total. The number of rotatable bonds is 5. The van der Waals surface area contributed by atoms with Crippen LogP contribution in [0.1, 0.15) is 5.56 Å². The fourth-order valence-electron chi connectivity index (χ4n) is 1.82. The van der Waals surface area contributed by atoms with Gasteiger partial charge in [-0.15, -0.1) is 3.89 Å². The van der Waals surface area contributed by atoms with Crippen LogP contribution in [-0.2, 0) is 15.0 Å². The Morgan fingerprint density at radius 3 is 2.54 bits per heavy atom. The molecule has 2 aromatic carbocycles. The lowest BCUT2D eigenvalue weighted by Crippen LogP contribution is -2.08. The smallest absolute Gasteiger partial charge is 0.322 e. The number of hydrogen-bond donors (Lipinski definition) is 1. The Kier molecular flexibility index (Phi) is 5.05. The Labute approximate surface area is 136 Å². The molecule has 0 fully saturated rings. The van der Waals surface area contributed by atoms with Gasteiger partial charge in [-0.25, -0.2) is 0 Å². The van der Waals surface area contributed by atoms with Crippen LogP contribution >= 0.6 is 0 Å². The summed E-state index contributed by atoms with van der Waals surface area (Å²) in [5.74, 6) is -0.602. The predicted octanol–water partition coefficient (Wildman–Crippen LogP) is 2.90. The molecule has 0 aliphatic heterocycles. The third kappa shape index (κ3) is 4.71. The maximum atomic E-state index is 12.9. The van der Waals surface area contributed by atoms with Crippen LogP contribution in [0.15, 0.2) is 59.5 Å². The summed E-state index contributed by atoms with van der Waals surface area (Å²) in [7, 11) is -4.86. The third-order valence-electron chi connectivity index (χ3n) is 2.89.